The summed E-state index contributed by atoms with van der Waals surface area (Å²) in [7, 11) is 0. The zero-order valence-electron chi connectivity index (χ0n) is 15.4. The van der Waals surface area contributed by atoms with E-state index in [4.69, 9.17) is 9.73 Å². The number of ether oxygens (including phenoxy) is 1. The second-order valence-electron chi connectivity index (χ2n) is 8.14. The number of nitrogens with zero attached hydrogens (tertiary/aromatic N) is 3. The number of piperidine rings is 1. The Labute approximate surface area is 146 Å². The molecule has 4 saturated heterocycles. The van der Waals surface area contributed by atoms with Crippen molar-refractivity contribution >= 4 is 5.96 Å². The summed E-state index contributed by atoms with van der Waals surface area (Å²) in [6.45, 7) is 11.0. The lowest BCUT2D eigenvalue weighted by Gasteiger charge is -2.33. The molecular formula is C19H34N4O. The third-order valence-corrected chi connectivity index (χ3v) is 6.68. The predicted octanol–water partition coefficient (Wildman–Crippen LogP) is 1.94. The van der Waals surface area contributed by atoms with E-state index in [1.807, 2.05) is 0 Å². The molecule has 0 amide bonds. The fourth-order valence-corrected chi connectivity index (χ4v) is 5.33. The Morgan fingerprint density at radius 1 is 1.12 bits per heavy atom. The van der Waals surface area contributed by atoms with E-state index >= 15 is 0 Å². The van der Waals surface area contributed by atoms with E-state index in [0.717, 1.165) is 56.6 Å². The van der Waals surface area contributed by atoms with Crippen LogP contribution in [0.3, 0.4) is 0 Å². The van der Waals surface area contributed by atoms with Gasteiger partial charge in [-0.3, -0.25) is 9.89 Å². The molecule has 5 heteroatoms. The Kier molecular flexibility index (Phi) is 5.00. The Bertz CT molecular complexity index is 450. The number of fused-ring (bicyclic) bond motifs is 5. The van der Waals surface area contributed by atoms with Gasteiger partial charge in [0.25, 0.3) is 0 Å². The molecule has 5 atom stereocenters. The topological polar surface area (TPSA) is 40.1 Å². The number of hydrogen-bond acceptors (Lipinski definition) is 3. The maximum Gasteiger partial charge on any atom is 0.193 e. The van der Waals surface area contributed by atoms with Gasteiger partial charge >= 0.3 is 0 Å². The fraction of sp³-hybridized carbons (Fsp3) is 0.947. The first kappa shape index (κ1) is 16.6. The molecule has 2 bridgehead atoms. The Morgan fingerprint density at radius 2 is 1.88 bits per heavy atom. The van der Waals surface area contributed by atoms with E-state index in [1.54, 1.807) is 0 Å². The molecule has 5 unspecified atom stereocenters. The van der Waals surface area contributed by atoms with Crippen LogP contribution in [0.4, 0.5) is 0 Å². The number of rotatable bonds is 4. The molecule has 4 rings (SSSR count). The van der Waals surface area contributed by atoms with E-state index < -0.39 is 0 Å². The summed E-state index contributed by atoms with van der Waals surface area (Å²) in [6.07, 6.45) is 7.71. The molecule has 0 spiro atoms. The van der Waals surface area contributed by atoms with E-state index in [9.17, 15) is 0 Å². The second kappa shape index (κ2) is 7.20. The van der Waals surface area contributed by atoms with Gasteiger partial charge in [-0.25, -0.2) is 0 Å². The first-order valence-electron chi connectivity index (χ1n) is 10.2. The SMILES string of the molecule is CCNC(=NCCN1CCCCC1C)N1CC2C3CCC(O3)C2C1. The monoisotopic (exact) mass is 334 g/mol. The van der Waals surface area contributed by atoms with E-state index in [2.05, 4.69) is 29.0 Å². The molecular weight excluding hydrogens is 300 g/mol. The van der Waals surface area contributed by atoms with Crippen LogP contribution < -0.4 is 5.32 Å². The molecule has 24 heavy (non-hydrogen) atoms. The zero-order chi connectivity index (χ0) is 16.5. The molecule has 0 radical (unpaired) electrons. The van der Waals surface area contributed by atoms with Gasteiger partial charge in [0, 0.05) is 44.1 Å². The molecule has 0 aromatic rings. The molecule has 136 valence electrons. The van der Waals surface area contributed by atoms with Crippen molar-refractivity contribution in [2.75, 3.05) is 39.3 Å². The summed E-state index contributed by atoms with van der Waals surface area (Å²) in [5, 5.41) is 3.53. The number of aliphatic imine (C=N–C) groups is 1. The largest absolute Gasteiger partial charge is 0.374 e. The molecule has 0 aromatic heterocycles. The number of hydrogen-bond donors (Lipinski definition) is 1. The highest BCUT2D eigenvalue weighted by molar-refractivity contribution is 5.80. The van der Waals surface area contributed by atoms with Gasteiger partial charge in [-0.2, -0.15) is 0 Å². The molecule has 4 heterocycles. The smallest absolute Gasteiger partial charge is 0.193 e. The van der Waals surface area contributed by atoms with Crippen LogP contribution in [0.2, 0.25) is 0 Å². The average molecular weight is 335 g/mol. The van der Waals surface area contributed by atoms with Crippen molar-refractivity contribution in [1.82, 2.24) is 15.1 Å². The first-order valence-corrected chi connectivity index (χ1v) is 10.2. The molecule has 4 fully saturated rings. The minimum absolute atomic E-state index is 0.530. The van der Waals surface area contributed by atoms with E-state index in [0.29, 0.717) is 12.2 Å². The molecule has 0 aromatic carbocycles. The lowest BCUT2D eigenvalue weighted by atomic mass is 9.82. The highest BCUT2D eigenvalue weighted by atomic mass is 16.5. The first-order chi connectivity index (χ1) is 11.8. The van der Waals surface area contributed by atoms with Crippen LogP contribution in [0.25, 0.3) is 0 Å². The van der Waals surface area contributed by atoms with E-state index in [1.165, 1.54) is 38.6 Å². The zero-order valence-corrected chi connectivity index (χ0v) is 15.4. The van der Waals surface area contributed by atoms with Gasteiger partial charge in [-0.15, -0.1) is 0 Å². The van der Waals surface area contributed by atoms with E-state index in [-0.39, 0.29) is 0 Å². The highest BCUT2D eigenvalue weighted by Gasteiger charge is 2.53. The quantitative estimate of drug-likeness (QED) is 0.630. The number of likely N-dealkylation sites (tertiary alicyclic amines) is 2. The summed E-state index contributed by atoms with van der Waals surface area (Å²) in [5.74, 6) is 2.63. The summed E-state index contributed by atoms with van der Waals surface area (Å²) in [6, 6.07) is 0.732. The summed E-state index contributed by atoms with van der Waals surface area (Å²) in [5.41, 5.74) is 0. The number of nitrogens with one attached hydrogen (secondary N) is 1. The third kappa shape index (κ3) is 3.17. The molecule has 5 nitrogen and oxygen atoms in total. The van der Waals surface area contributed by atoms with Crippen molar-refractivity contribution < 1.29 is 4.74 Å². The Hall–Kier alpha value is -0.810. The minimum Gasteiger partial charge on any atom is -0.374 e. The molecule has 0 aliphatic carbocycles. The van der Waals surface area contributed by atoms with Crippen molar-refractivity contribution in [3.05, 3.63) is 0 Å². The maximum absolute atomic E-state index is 6.11. The van der Waals surface area contributed by atoms with Gasteiger partial charge in [-0.05, 0) is 46.1 Å². The Balaban J connectivity index is 1.34. The fourth-order valence-electron chi connectivity index (χ4n) is 5.33. The third-order valence-electron chi connectivity index (χ3n) is 6.68. The molecule has 0 saturated carbocycles. The summed E-state index contributed by atoms with van der Waals surface area (Å²) >= 11 is 0. The highest BCUT2D eigenvalue weighted by Crippen LogP contribution is 2.47. The van der Waals surface area contributed by atoms with Crippen LogP contribution in [0.5, 0.6) is 0 Å². The van der Waals surface area contributed by atoms with Crippen molar-refractivity contribution in [2.45, 2.75) is 64.2 Å². The lowest BCUT2D eigenvalue weighted by Crippen LogP contribution is -2.42. The van der Waals surface area contributed by atoms with Gasteiger partial charge in [0.05, 0.1) is 18.8 Å². The predicted molar refractivity (Wildman–Crippen MR) is 97.3 cm³/mol. The van der Waals surface area contributed by atoms with Crippen LogP contribution >= 0.6 is 0 Å². The summed E-state index contributed by atoms with van der Waals surface area (Å²) < 4.78 is 6.11. The second-order valence-corrected chi connectivity index (χ2v) is 8.14. The van der Waals surface area contributed by atoms with Crippen molar-refractivity contribution in [3.8, 4) is 0 Å². The van der Waals surface area contributed by atoms with Crippen LogP contribution in [0.1, 0.15) is 46.0 Å². The summed E-state index contributed by atoms with van der Waals surface area (Å²) in [4.78, 5) is 10.1. The van der Waals surface area contributed by atoms with Gasteiger partial charge < -0.3 is 15.0 Å². The standard InChI is InChI=1S/C19H34N4O/c1-3-20-19(21-9-11-22-10-5-4-6-14(22)2)23-12-15-16(13-23)18-8-7-17(15)24-18/h14-18H,3-13H2,1-2H3,(H,20,21). The number of guanidine groups is 1. The normalized spacial score (nSPS) is 39.5. The van der Waals surface area contributed by atoms with Crippen molar-refractivity contribution in [2.24, 2.45) is 16.8 Å². The van der Waals surface area contributed by atoms with Crippen LogP contribution in [0, 0.1) is 11.8 Å². The van der Waals surface area contributed by atoms with Crippen LogP contribution in [-0.4, -0.2) is 73.3 Å². The maximum atomic E-state index is 6.11. The van der Waals surface area contributed by atoms with Crippen molar-refractivity contribution in [1.29, 1.82) is 0 Å². The van der Waals surface area contributed by atoms with Crippen molar-refractivity contribution in [3.63, 3.8) is 0 Å². The van der Waals surface area contributed by atoms with Crippen LogP contribution in [-0.2, 0) is 4.74 Å². The lowest BCUT2D eigenvalue weighted by molar-refractivity contribution is 0.0767. The van der Waals surface area contributed by atoms with Gasteiger partial charge in [0.1, 0.15) is 0 Å². The molecule has 4 aliphatic heterocycles. The molecule has 1 N–H and O–H groups in total. The average Bonchev–Trinajstić information content (AvgIpc) is 3.28. The van der Waals surface area contributed by atoms with Gasteiger partial charge in [-0.1, -0.05) is 6.42 Å². The minimum atomic E-state index is 0.530. The molecule has 4 aliphatic rings. The Morgan fingerprint density at radius 3 is 2.54 bits per heavy atom. The van der Waals surface area contributed by atoms with Crippen LogP contribution in [0.15, 0.2) is 4.99 Å². The van der Waals surface area contributed by atoms with Gasteiger partial charge in [0.2, 0.25) is 0 Å². The van der Waals surface area contributed by atoms with Gasteiger partial charge in [0.15, 0.2) is 5.96 Å².